The molecule has 3 heterocycles. The Kier molecular flexibility index (Phi) is 2.70. The van der Waals surface area contributed by atoms with Gasteiger partial charge >= 0.3 is 0 Å². The fourth-order valence-electron chi connectivity index (χ4n) is 2.95. The molecule has 0 aromatic carbocycles. The predicted octanol–water partition coefficient (Wildman–Crippen LogP) is -0.0395. The van der Waals surface area contributed by atoms with Crippen LogP contribution in [0.4, 0.5) is 5.82 Å². The van der Waals surface area contributed by atoms with Crippen molar-refractivity contribution in [1.29, 1.82) is 0 Å². The molecule has 2 unspecified atom stereocenters. The van der Waals surface area contributed by atoms with Crippen molar-refractivity contribution in [2.24, 2.45) is 0 Å². The summed E-state index contributed by atoms with van der Waals surface area (Å²) in [6, 6.07) is 0.647. The molecule has 0 spiro atoms. The molecule has 2 N–H and O–H groups in total. The van der Waals surface area contributed by atoms with E-state index in [1.807, 2.05) is 4.90 Å². The van der Waals surface area contributed by atoms with E-state index in [1.165, 1.54) is 6.42 Å². The van der Waals surface area contributed by atoms with Crippen LogP contribution in [0.25, 0.3) is 0 Å². The van der Waals surface area contributed by atoms with Crippen molar-refractivity contribution in [1.82, 2.24) is 20.1 Å². The van der Waals surface area contributed by atoms with Crippen LogP contribution in [0, 0.1) is 0 Å². The molecule has 1 amide bonds. The molecule has 1 aromatic rings. The Hall–Kier alpha value is -1.63. The molecule has 0 radical (unpaired) electrons. The van der Waals surface area contributed by atoms with Crippen LogP contribution in [0.2, 0.25) is 0 Å². The number of aromatic nitrogens is 2. The van der Waals surface area contributed by atoms with E-state index >= 15 is 0 Å². The topological polar surface area (TPSA) is 88.5 Å². The van der Waals surface area contributed by atoms with Crippen LogP contribution in [0.15, 0.2) is 4.63 Å². The molecule has 7 heteroatoms. The summed E-state index contributed by atoms with van der Waals surface area (Å²) in [5, 5.41) is 7.05. The molecular weight excluding hydrogens is 234 g/mol. The van der Waals surface area contributed by atoms with Gasteiger partial charge in [-0.2, -0.15) is 0 Å². The van der Waals surface area contributed by atoms with Crippen molar-refractivity contribution in [2.45, 2.75) is 31.8 Å². The van der Waals surface area contributed by atoms with E-state index in [0.717, 1.165) is 26.1 Å². The lowest BCUT2D eigenvalue weighted by atomic mass is 10.1. The fraction of sp³-hybridized carbons (Fsp3) is 0.727. The molecule has 18 heavy (non-hydrogen) atoms. The largest absolute Gasteiger partial charge is 0.379 e. The third-order valence-electron chi connectivity index (χ3n) is 3.91. The monoisotopic (exact) mass is 251 g/mol. The predicted molar refractivity (Wildman–Crippen MR) is 63.8 cm³/mol. The maximum absolute atomic E-state index is 12.3. The third-order valence-corrected chi connectivity index (χ3v) is 3.91. The van der Waals surface area contributed by atoms with E-state index in [0.29, 0.717) is 6.04 Å². The Morgan fingerprint density at radius 2 is 2.28 bits per heavy atom. The van der Waals surface area contributed by atoms with Crippen LogP contribution in [0.5, 0.6) is 0 Å². The van der Waals surface area contributed by atoms with Crippen LogP contribution in [-0.2, 0) is 0 Å². The van der Waals surface area contributed by atoms with E-state index in [4.69, 9.17) is 5.73 Å². The van der Waals surface area contributed by atoms with Gasteiger partial charge in [-0.1, -0.05) is 0 Å². The van der Waals surface area contributed by atoms with Crippen molar-refractivity contribution < 1.29 is 9.42 Å². The summed E-state index contributed by atoms with van der Waals surface area (Å²) in [6.07, 6.45) is 2.37. The number of carbonyl (C=O) groups is 1. The van der Waals surface area contributed by atoms with Crippen molar-refractivity contribution in [3.63, 3.8) is 0 Å². The normalized spacial score (nSPS) is 28.4. The molecule has 3 rings (SSSR count). The summed E-state index contributed by atoms with van der Waals surface area (Å²) in [4.78, 5) is 16.6. The standard InChI is InChI=1S/C11H17N5O2/c1-7-5-15-4-2-3-8(15)6-16(7)11(17)9-10(12)14-18-13-9/h7-8H,2-6H2,1H3,(H2,12,14). The molecule has 2 aliphatic heterocycles. The van der Waals surface area contributed by atoms with Gasteiger partial charge in [0.25, 0.3) is 5.91 Å². The molecular formula is C11H17N5O2. The molecule has 2 atom stereocenters. The highest BCUT2D eigenvalue weighted by molar-refractivity contribution is 5.96. The molecule has 0 aliphatic carbocycles. The van der Waals surface area contributed by atoms with Crippen molar-refractivity contribution in [2.75, 3.05) is 25.4 Å². The lowest BCUT2D eigenvalue weighted by molar-refractivity contribution is 0.0387. The van der Waals surface area contributed by atoms with Crippen LogP contribution >= 0.6 is 0 Å². The number of carbonyl (C=O) groups excluding carboxylic acids is 1. The molecule has 7 nitrogen and oxygen atoms in total. The zero-order valence-electron chi connectivity index (χ0n) is 10.4. The van der Waals surface area contributed by atoms with E-state index in [2.05, 4.69) is 26.8 Å². The zero-order chi connectivity index (χ0) is 12.7. The van der Waals surface area contributed by atoms with Crippen molar-refractivity contribution in [3.05, 3.63) is 5.69 Å². The number of hydrogen-bond donors (Lipinski definition) is 1. The number of hydrogen-bond acceptors (Lipinski definition) is 6. The summed E-state index contributed by atoms with van der Waals surface area (Å²) >= 11 is 0. The van der Waals surface area contributed by atoms with Gasteiger partial charge in [0.15, 0.2) is 0 Å². The summed E-state index contributed by atoms with van der Waals surface area (Å²) in [6.45, 7) is 4.86. The van der Waals surface area contributed by atoms with E-state index in [-0.39, 0.29) is 23.5 Å². The van der Waals surface area contributed by atoms with E-state index < -0.39 is 0 Å². The Morgan fingerprint density at radius 3 is 3.00 bits per heavy atom. The third kappa shape index (κ3) is 1.74. The zero-order valence-corrected chi connectivity index (χ0v) is 10.4. The summed E-state index contributed by atoms with van der Waals surface area (Å²) < 4.78 is 4.50. The number of anilines is 1. The highest BCUT2D eigenvalue weighted by Crippen LogP contribution is 2.25. The smallest absolute Gasteiger partial charge is 0.280 e. The highest BCUT2D eigenvalue weighted by Gasteiger charge is 2.38. The summed E-state index contributed by atoms with van der Waals surface area (Å²) in [5.41, 5.74) is 5.71. The first kappa shape index (κ1) is 11.5. The van der Waals surface area contributed by atoms with Crippen LogP contribution in [-0.4, -0.2) is 57.7 Å². The van der Waals surface area contributed by atoms with E-state index in [9.17, 15) is 4.79 Å². The number of piperazine rings is 1. The fourth-order valence-corrected chi connectivity index (χ4v) is 2.95. The number of rotatable bonds is 1. The van der Waals surface area contributed by atoms with Gasteiger partial charge in [0.1, 0.15) is 0 Å². The average Bonchev–Trinajstić information content (AvgIpc) is 2.95. The molecule has 98 valence electrons. The number of nitrogen functional groups attached to an aromatic ring is 1. The van der Waals surface area contributed by atoms with Gasteiger partial charge in [-0.05, 0) is 36.6 Å². The minimum atomic E-state index is -0.173. The average molecular weight is 251 g/mol. The molecule has 1 aromatic heterocycles. The van der Waals surface area contributed by atoms with Crippen LogP contribution in [0.1, 0.15) is 30.3 Å². The van der Waals surface area contributed by atoms with Gasteiger partial charge in [-0.15, -0.1) is 0 Å². The SMILES string of the molecule is CC1CN2CCCC2CN1C(=O)c1nonc1N. The van der Waals surface area contributed by atoms with Gasteiger partial charge in [0.05, 0.1) is 0 Å². The Bertz CT molecular complexity index is 460. The van der Waals surface area contributed by atoms with Gasteiger partial charge in [0.2, 0.25) is 11.5 Å². The Balaban J connectivity index is 1.79. The minimum Gasteiger partial charge on any atom is -0.379 e. The second-order valence-corrected chi connectivity index (χ2v) is 5.10. The van der Waals surface area contributed by atoms with Gasteiger partial charge in [0, 0.05) is 25.2 Å². The van der Waals surface area contributed by atoms with Gasteiger partial charge in [-0.25, -0.2) is 4.63 Å². The molecule has 0 saturated carbocycles. The highest BCUT2D eigenvalue weighted by atomic mass is 16.6. The quantitative estimate of drug-likeness (QED) is 0.753. The van der Waals surface area contributed by atoms with Crippen LogP contribution < -0.4 is 5.73 Å². The molecule has 0 bridgehead atoms. The van der Waals surface area contributed by atoms with Gasteiger partial charge < -0.3 is 10.6 Å². The minimum absolute atomic E-state index is 0.0704. The molecule has 2 fully saturated rings. The lowest BCUT2D eigenvalue weighted by Crippen LogP contribution is -2.56. The maximum atomic E-state index is 12.3. The first-order valence-corrected chi connectivity index (χ1v) is 6.30. The molecule has 2 saturated heterocycles. The van der Waals surface area contributed by atoms with Crippen molar-refractivity contribution in [3.8, 4) is 0 Å². The van der Waals surface area contributed by atoms with Crippen LogP contribution in [0.3, 0.4) is 0 Å². The number of nitrogens with zero attached hydrogens (tertiary/aromatic N) is 4. The van der Waals surface area contributed by atoms with Gasteiger partial charge in [-0.3, -0.25) is 9.69 Å². The first-order valence-electron chi connectivity index (χ1n) is 6.30. The van der Waals surface area contributed by atoms with E-state index in [1.54, 1.807) is 0 Å². The summed E-state index contributed by atoms with van der Waals surface area (Å²) in [7, 11) is 0. The maximum Gasteiger partial charge on any atom is 0.280 e. The number of fused-ring (bicyclic) bond motifs is 1. The second-order valence-electron chi connectivity index (χ2n) is 5.10. The Morgan fingerprint density at radius 1 is 1.44 bits per heavy atom. The molecule has 2 aliphatic rings. The number of amides is 1. The summed E-state index contributed by atoms with van der Waals surface area (Å²) in [5.74, 6) is -0.103. The Labute approximate surface area is 105 Å². The first-order chi connectivity index (χ1) is 8.66. The number of nitrogens with two attached hydrogens (primary N) is 1. The second kappa shape index (κ2) is 4.24. The van der Waals surface area contributed by atoms with Crippen molar-refractivity contribution >= 4 is 11.7 Å². The lowest BCUT2D eigenvalue weighted by Gasteiger charge is -2.41.